The van der Waals surface area contributed by atoms with Gasteiger partial charge in [0.2, 0.25) is 0 Å². The van der Waals surface area contributed by atoms with E-state index in [-0.39, 0.29) is 0 Å². The molecule has 16 heavy (non-hydrogen) atoms. The topological polar surface area (TPSA) is 25.8 Å². The van der Waals surface area contributed by atoms with Crippen LogP contribution in [0.15, 0.2) is 12.3 Å². The molecule has 1 aromatic rings. The second kappa shape index (κ2) is 4.70. The highest BCUT2D eigenvalue weighted by molar-refractivity contribution is 6.16. The van der Waals surface area contributed by atoms with Crippen molar-refractivity contribution in [2.45, 2.75) is 51.3 Å². The lowest BCUT2D eigenvalue weighted by atomic mass is 9.73. The Morgan fingerprint density at radius 2 is 2.06 bits per heavy atom. The van der Waals surface area contributed by atoms with Crippen LogP contribution in [0, 0.1) is 5.41 Å². The quantitative estimate of drug-likeness (QED) is 0.731. The third kappa shape index (κ3) is 2.73. The highest BCUT2D eigenvalue weighted by Crippen LogP contribution is 2.41. The molecule has 1 saturated carbocycles. The van der Waals surface area contributed by atoms with Crippen molar-refractivity contribution in [3.8, 4) is 0 Å². The van der Waals surface area contributed by atoms with Crippen LogP contribution >= 0.6 is 11.6 Å². The van der Waals surface area contributed by atoms with E-state index in [9.17, 15) is 0 Å². The number of hydrogen-bond donors (Lipinski definition) is 0. The van der Waals surface area contributed by atoms with Crippen molar-refractivity contribution < 1.29 is 0 Å². The Hall–Kier alpha value is -0.630. The van der Waals surface area contributed by atoms with E-state index in [4.69, 9.17) is 11.6 Å². The van der Waals surface area contributed by atoms with E-state index in [1.54, 1.807) is 0 Å². The Balaban J connectivity index is 2.08. The van der Waals surface area contributed by atoms with Gasteiger partial charge in [0.1, 0.15) is 5.82 Å². The van der Waals surface area contributed by atoms with Gasteiger partial charge in [0.15, 0.2) is 0 Å². The average molecular weight is 239 g/mol. The summed E-state index contributed by atoms with van der Waals surface area (Å²) in [7, 11) is 0. The number of alkyl halides is 1. The lowest BCUT2D eigenvalue weighted by molar-refractivity contribution is 0.220. The molecule has 0 aromatic carbocycles. The van der Waals surface area contributed by atoms with E-state index in [2.05, 4.69) is 23.8 Å². The second-order valence-corrected chi connectivity index (χ2v) is 5.75. The number of rotatable bonds is 2. The summed E-state index contributed by atoms with van der Waals surface area (Å²) in [6.45, 7) is 4.69. The van der Waals surface area contributed by atoms with Crippen LogP contribution in [0.5, 0.6) is 0 Å². The van der Waals surface area contributed by atoms with Crippen LogP contribution in [-0.2, 0) is 5.88 Å². The first-order chi connectivity index (χ1) is 7.61. The molecule has 88 valence electrons. The van der Waals surface area contributed by atoms with Crippen LogP contribution in [0.4, 0.5) is 0 Å². The maximum absolute atomic E-state index is 5.79. The van der Waals surface area contributed by atoms with Gasteiger partial charge in [-0.1, -0.05) is 13.8 Å². The Bertz CT molecular complexity index is 353. The lowest BCUT2D eigenvalue weighted by Gasteiger charge is -2.33. The third-order valence-electron chi connectivity index (χ3n) is 3.57. The summed E-state index contributed by atoms with van der Waals surface area (Å²) in [6.07, 6.45) is 6.79. The highest BCUT2D eigenvalue weighted by Gasteiger charge is 2.28. The summed E-state index contributed by atoms with van der Waals surface area (Å²) in [5.74, 6) is 2.01. The average Bonchev–Trinajstić information content (AvgIpc) is 2.29. The minimum Gasteiger partial charge on any atom is -0.241 e. The van der Waals surface area contributed by atoms with Crippen molar-refractivity contribution in [2.24, 2.45) is 5.41 Å². The zero-order valence-corrected chi connectivity index (χ0v) is 10.8. The number of nitrogens with zero attached hydrogens (tertiary/aromatic N) is 2. The molecule has 1 aliphatic carbocycles. The largest absolute Gasteiger partial charge is 0.241 e. The summed E-state index contributed by atoms with van der Waals surface area (Å²) >= 11 is 5.79. The molecule has 3 heteroatoms. The van der Waals surface area contributed by atoms with Gasteiger partial charge in [-0.05, 0) is 37.2 Å². The third-order valence-corrected chi connectivity index (χ3v) is 3.85. The van der Waals surface area contributed by atoms with Crippen molar-refractivity contribution >= 4 is 11.6 Å². The molecular weight excluding hydrogens is 220 g/mol. The SMILES string of the molecule is CC1(C)CCC(c2nccc(CCl)n2)CC1. The molecule has 0 unspecified atom stereocenters. The molecule has 0 saturated heterocycles. The number of halogens is 1. The predicted molar refractivity (Wildman–Crippen MR) is 66.6 cm³/mol. The van der Waals surface area contributed by atoms with Crippen LogP contribution in [0.1, 0.15) is 57.0 Å². The normalized spacial score (nSPS) is 20.9. The van der Waals surface area contributed by atoms with Gasteiger partial charge < -0.3 is 0 Å². The summed E-state index contributed by atoms with van der Waals surface area (Å²) < 4.78 is 0. The Kier molecular flexibility index (Phi) is 3.48. The van der Waals surface area contributed by atoms with Crippen molar-refractivity contribution in [2.75, 3.05) is 0 Å². The summed E-state index contributed by atoms with van der Waals surface area (Å²) in [5.41, 5.74) is 1.44. The molecule has 1 heterocycles. The Morgan fingerprint density at radius 3 is 2.69 bits per heavy atom. The lowest BCUT2D eigenvalue weighted by Crippen LogP contribution is -2.21. The van der Waals surface area contributed by atoms with E-state index >= 15 is 0 Å². The van der Waals surface area contributed by atoms with Gasteiger partial charge in [-0.25, -0.2) is 9.97 Å². The summed E-state index contributed by atoms with van der Waals surface area (Å²) in [5, 5.41) is 0. The minimum absolute atomic E-state index is 0.480. The van der Waals surface area contributed by atoms with Crippen molar-refractivity contribution in [3.05, 3.63) is 23.8 Å². The van der Waals surface area contributed by atoms with Gasteiger partial charge in [0.25, 0.3) is 0 Å². The van der Waals surface area contributed by atoms with E-state index in [1.165, 1.54) is 25.7 Å². The molecule has 0 N–H and O–H groups in total. The molecule has 1 aromatic heterocycles. The molecule has 0 amide bonds. The molecule has 2 nitrogen and oxygen atoms in total. The minimum atomic E-state index is 0.480. The zero-order chi connectivity index (χ0) is 11.6. The maximum atomic E-state index is 5.79. The fraction of sp³-hybridized carbons (Fsp3) is 0.692. The summed E-state index contributed by atoms with van der Waals surface area (Å²) in [4.78, 5) is 8.91. The van der Waals surface area contributed by atoms with Crippen molar-refractivity contribution in [1.29, 1.82) is 0 Å². The van der Waals surface area contributed by atoms with E-state index < -0.39 is 0 Å². The van der Waals surface area contributed by atoms with Gasteiger partial charge in [0, 0.05) is 12.1 Å². The van der Waals surface area contributed by atoms with Gasteiger partial charge >= 0.3 is 0 Å². The first-order valence-electron chi connectivity index (χ1n) is 5.98. The monoisotopic (exact) mass is 238 g/mol. The van der Waals surface area contributed by atoms with Crippen LogP contribution in [0.3, 0.4) is 0 Å². The van der Waals surface area contributed by atoms with Crippen molar-refractivity contribution in [1.82, 2.24) is 9.97 Å². The van der Waals surface area contributed by atoms with Crippen LogP contribution in [0.2, 0.25) is 0 Å². The maximum Gasteiger partial charge on any atom is 0.131 e. The molecular formula is C13H19ClN2. The van der Waals surface area contributed by atoms with Crippen LogP contribution < -0.4 is 0 Å². The molecule has 0 aliphatic heterocycles. The predicted octanol–water partition coefficient (Wildman–Crippen LogP) is 3.90. The molecule has 0 atom stereocenters. The highest BCUT2D eigenvalue weighted by atomic mass is 35.5. The van der Waals surface area contributed by atoms with Gasteiger partial charge in [0.05, 0.1) is 11.6 Å². The number of hydrogen-bond acceptors (Lipinski definition) is 2. The molecule has 2 rings (SSSR count). The molecule has 1 aliphatic rings. The molecule has 1 fully saturated rings. The Labute approximate surface area is 102 Å². The molecule has 0 spiro atoms. The van der Waals surface area contributed by atoms with E-state index in [1.807, 2.05) is 12.3 Å². The first kappa shape index (κ1) is 11.8. The van der Waals surface area contributed by atoms with Crippen molar-refractivity contribution in [3.63, 3.8) is 0 Å². The fourth-order valence-corrected chi connectivity index (χ4v) is 2.49. The van der Waals surface area contributed by atoms with E-state index in [0.717, 1.165) is 11.5 Å². The van der Waals surface area contributed by atoms with Gasteiger partial charge in [-0.15, -0.1) is 11.6 Å². The number of aromatic nitrogens is 2. The summed E-state index contributed by atoms with van der Waals surface area (Å²) in [6, 6.07) is 1.89. The standard InChI is InChI=1S/C13H19ClN2/c1-13(2)6-3-10(4-7-13)12-15-8-5-11(9-14)16-12/h5,8,10H,3-4,6-7,9H2,1-2H3. The van der Waals surface area contributed by atoms with E-state index in [0.29, 0.717) is 17.2 Å². The van der Waals surface area contributed by atoms with Crippen LogP contribution in [0.25, 0.3) is 0 Å². The first-order valence-corrected chi connectivity index (χ1v) is 6.52. The van der Waals surface area contributed by atoms with Gasteiger partial charge in [-0.2, -0.15) is 0 Å². The molecule has 0 bridgehead atoms. The second-order valence-electron chi connectivity index (χ2n) is 5.48. The fourth-order valence-electron chi connectivity index (χ4n) is 2.34. The van der Waals surface area contributed by atoms with Crippen LogP contribution in [-0.4, -0.2) is 9.97 Å². The molecule has 0 radical (unpaired) electrons. The Morgan fingerprint density at radius 1 is 1.38 bits per heavy atom. The smallest absolute Gasteiger partial charge is 0.131 e. The zero-order valence-electron chi connectivity index (χ0n) is 10.0. The van der Waals surface area contributed by atoms with Gasteiger partial charge in [-0.3, -0.25) is 0 Å².